The standard InChI is InChI=1S/C15H14BrClN2O2/c1-9(10-3-5-12(21-2)6-4-10)19-15(20)13-7-11(16)8-18-14(13)17/h3-9H,1-2H3,(H,19,20). The largest absolute Gasteiger partial charge is 0.497 e. The van der Waals surface area contributed by atoms with E-state index < -0.39 is 0 Å². The van der Waals surface area contributed by atoms with E-state index in [0.717, 1.165) is 11.3 Å². The fraction of sp³-hybridized carbons (Fsp3) is 0.200. The third-order valence-corrected chi connectivity index (χ3v) is 3.75. The molecule has 1 aromatic heterocycles. The fourth-order valence-corrected chi connectivity index (χ4v) is 2.35. The van der Waals surface area contributed by atoms with Gasteiger partial charge in [-0.2, -0.15) is 0 Å². The summed E-state index contributed by atoms with van der Waals surface area (Å²) < 4.78 is 5.81. The minimum absolute atomic E-state index is 0.154. The van der Waals surface area contributed by atoms with Crippen molar-refractivity contribution in [2.24, 2.45) is 0 Å². The smallest absolute Gasteiger partial charge is 0.254 e. The lowest BCUT2D eigenvalue weighted by Crippen LogP contribution is -2.27. The van der Waals surface area contributed by atoms with Gasteiger partial charge >= 0.3 is 0 Å². The fourth-order valence-electron chi connectivity index (χ4n) is 1.83. The molecular formula is C15H14BrClN2O2. The van der Waals surface area contributed by atoms with Gasteiger partial charge in [-0.3, -0.25) is 4.79 Å². The zero-order valence-electron chi connectivity index (χ0n) is 11.6. The Hall–Kier alpha value is -1.59. The summed E-state index contributed by atoms with van der Waals surface area (Å²) in [4.78, 5) is 16.2. The van der Waals surface area contributed by atoms with Gasteiger partial charge in [-0.1, -0.05) is 23.7 Å². The van der Waals surface area contributed by atoms with Crippen molar-refractivity contribution in [3.8, 4) is 5.75 Å². The van der Waals surface area contributed by atoms with Gasteiger partial charge in [0, 0.05) is 10.7 Å². The normalized spacial score (nSPS) is 11.8. The number of rotatable bonds is 4. The SMILES string of the molecule is COc1ccc(C(C)NC(=O)c2cc(Br)cnc2Cl)cc1. The van der Waals surface area contributed by atoms with Crippen LogP contribution in [0.15, 0.2) is 41.0 Å². The van der Waals surface area contributed by atoms with Crippen molar-refractivity contribution in [3.05, 3.63) is 57.3 Å². The molecular weight excluding hydrogens is 356 g/mol. The number of nitrogens with one attached hydrogen (secondary N) is 1. The van der Waals surface area contributed by atoms with Crippen LogP contribution in [0.4, 0.5) is 0 Å². The minimum atomic E-state index is -0.267. The lowest BCUT2D eigenvalue weighted by Gasteiger charge is -2.15. The summed E-state index contributed by atoms with van der Waals surface area (Å²) >= 11 is 9.23. The molecule has 110 valence electrons. The molecule has 2 aromatic rings. The maximum absolute atomic E-state index is 12.2. The molecule has 6 heteroatoms. The number of ether oxygens (including phenoxy) is 1. The van der Waals surface area contributed by atoms with Gasteiger partial charge in [0.05, 0.1) is 18.7 Å². The number of halogens is 2. The second-order valence-corrected chi connectivity index (χ2v) is 5.73. The van der Waals surface area contributed by atoms with Crippen LogP contribution in [0.5, 0.6) is 5.75 Å². The van der Waals surface area contributed by atoms with E-state index in [1.807, 2.05) is 31.2 Å². The van der Waals surface area contributed by atoms with Crippen molar-refractivity contribution >= 4 is 33.4 Å². The Labute approximate surface area is 136 Å². The molecule has 1 aromatic carbocycles. The van der Waals surface area contributed by atoms with Gasteiger partial charge in [0.2, 0.25) is 0 Å². The Morgan fingerprint density at radius 3 is 2.67 bits per heavy atom. The van der Waals surface area contributed by atoms with E-state index in [9.17, 15) is 4.79 Å². The summed E-state index contributed by atoms with van der Waals surface area (Å²) in [5.41, 5.74) is 1.31. The van der Waals surface area contributed by atoms with Crippen LogP contribution in [0.25, 0.3) is 0 Å². The first-order valence-corrected chi connectivity index (χ1v) is 7.44. The molecule has 0 fully saturated rings. The summed E-state index contributed by atoms with van der Waals surface area (Å²) in [5.74, 6) is 0.508. The van der Waals surface area contributed by atoms with Crippen LogP contribution in [-0.4, -0.2) is 18.0 Å². The molecule has 0 aliphatic heterocycles. The van der Waals surface area contributed by atoms with Crippen molar-refractivity contribution in [1.29, 1.82) is 0 Å². The molecule has 1 N–H and O–H groups in total. The first-order chi connectivity index (χ1) is 10.0. The molecule has 1 amide bonds. The van der Waals surface area contributed by atoms with Crippen molar-refractivity contribution in [2.45, 2.75) is 13.0 Å². The molecule has 1 atom stereocenters. The third-order valence-electron chi connectivity index (χ3n) is 3.01. The Bertz CT molecular complexity index is 647. The van der Waals surface area contributed by atoms with Gasteiger partial charge in [0.15, 0.2) is 0 Å². The average Bonchev–Trinajstić information content (AvgIpc) is 2.49. The summed E-state index contributed by atoms with van der Waals surface area (Å²) in [5, 5.41) is 3.07. The highest BCUT2D eigenvalue weighted by atomic mass is 79.9. The number of hydrogen-bond donors (Lipinski definition) is 1. The minimum Gasteiger partial charge on any atom is -0.497 e. The van der Waals surface area contributed by atoms with Gasteiger partial charge < -0.3 is 10.1 Å². The zero-order valence-corrected chi connectivity index (χ0v) is 13.9. The van der Waals surface area contributed by atoms with Crippen LogP contribution < -0.4 is 10.1 Å². The van der Waals surface area contributed by atoms with Gasteiger partial charge in [0.1, 0.15) is 10.9 Å². The van der Waals surface area contributed by atoms with E-state index in [1.165, 1.54) is 0 Å². The first-order valence-electron chi connectivity index (χ1n) is 6.27. The zero-order chi connectivity index (χ0) is 15.4. The topological polar surface area (TPSA) is 51.2 Å². The molecule has 0 saturated heterocycles. The maximum atomic E-state index is 12.2. The van der Waals surface area contributed by atoms with E-state index in [2.05, 4.69) is 26.2 Å². The van der Waals surface area contributed by atoms with Crippen molar-refractivity contribution in [2.75, 3.05) is 7.11 Å². The highest BCUT2D eigenvalue weighted by Gasteiger charge is 2.15. The van der Waals surface area contributed by atoms with Crippen molar-refractivity contribution in [3.63, 3.8) is 0 Å². The van der Waals surface area contributed by atoms with E-state index in [1.54, 1.807) is 19.4 Å². The van der Waals surface area contributed by atoms with Crippen LogP contribution in [0, 0.1) is 0 Å². The molecule has 1 heterocycles. The van der Waals surface area contributed by atoms with E-state index >= 15 is 0 Å². The van der Waals surface area contributed by atoms with Gasteiger partial charge in [-0.05, 0) is 46.6 Å². The molecule has 0 aliphatic rings. The maximum Gasteiger partial charge on any atom is 0.254 e. The number of pyridine rings is 1. The molecule has 0 bridgehead atoms. The second kappa shape index (κ2) is 6.91. The van der Waals surface area contributed by atoms with Crippen molar-refractivity contribution < 1.29 is 9.53 Å². The molecule has 0 spiro atoms. The van der Waals surface area contributed by atoms with Crippen LogP contribution in [0.3, 0.4) is 0 Å². The highest BCUT2D eigenvalue weighted by Crippen LogP contribution is 2.21. The Balaban J connectivity index is 2.12. The average molecular weight is 370 g/mol. The molecule has 0 aliphatic carbocycles. The number of benzene rings is 1. The highest BCUT2D eigenvalue weighted by molar-refractivity contribution is 9.10. The molecule has 21 heavy (non-hydrogen) atoms. The van der Waals surface area contributed by atoms with Gasteiger partial charge in [0.25, 0.3) is 5.91 Å². The van der Waals surface area contributed by atoms with Crippen LogP contribution >= 0.6 is 27.5 Å². The van der Waals surface area contributed by atoms with Crippen LogP contribution in [-0.2, 0) is 0 Å². The molecule has 0 radical (unpaired) electrons. The number of aromatic nitrogens is 1. The van der Waals surface area contributed by atoms with Crippen molar-refractivity contribution in [1.82, 2.24) is 10.3 Å². The number of nitrogens with zero attached hydrogens (tertiary/aromatic N) is 1. The lowest BCUT2D eigenvalue weighted by molar-refractivity contribution is 0.0939. The Morgan fingerprint density at radius 2 is 2.05 bits per heavy atom. The third kappa shape index (κ3) is 3.95. The molecule has 0 saturated carbocycles. The summed E-state index contributed by atoms with van der Waals surface area (Å²) in [6.07, 6.45) is 1.55. The summed E-state index contributed by atoms with van der Waals surface area (Å²) in [6, 6.07) is 9.01. The number of carbonyl (C=O) groups is 1. The predicted molar refractivity (Wildman–Crippen MR) is 85.8 cm³/mol. The van der Waals surface area contributed by atoms with Gasteiger partial charge in [-0.25, -0.2) is 4.98 Å². The number of carbonyl (C=O) groups excluding carboxylic acids is 1. The quantitative estimate of drug-likeness (QED) is 0.829. The molecule has 2 rings (SSSR count). The number of amides is 1. The second-order valence-electron chi connectivity index (χ2n) is 4.46. The predicted octanol–water partition coefficient (Wildman–Crippen LogP) is 4.00. The van der Waals surface area contributed by atoms with E-state index in [0.29, 0.717) is 10.0 Å². The van der Waals surface area contributed by atoms with Crippen LogP contribution in [0.1, 0.15) is 28.9 Å². The van der Waals surface area contributed by atoms with E-state index in [-0.39, 0.29) is 17.1 Å². The monoisotopic (exact) mass is 368 g/mol. The number of hydrogen-bond acceptors (Lipinski definition) is 3. The molecule has 4 nitrogen and oxygen atoms in total. The van der Waals surface area contributed by atoms with Gasteiger partial charge in [-0.15, -0.1) is 0 Å². The number of methoxy groups -OCH3 is 1. The summed E-state index contributed by atoms with van der Waals surface area (Å²) in [7, 11) is 1.61. The Morgan fingerprint density at radius 1 is 1.38 bits per heavy atom. The van der Waals surface area contributed by atoms with Crippen LogP contribution in [0.2, 0.25) is 5.15 Å². The first kappa shape index (κ1) is 15.8. The molecule has 1 unspecified atom stereocenters. The summed E-state index contributed by atoms with van der Waals surface area (Å²) in [6.45, 7) is 1.90. The Kier molecular flexibility index (Phi) is 5.20. The lowest BCUT2D eigenvalue weighted by atomic mass is 10.1. The van der Waals surface area contributed by atoms with E-state index in [4.69, 9.17) is 16.3 Å².